The summed E-state index contributed by atoms with van der Waals surface area (Å²) in [6.07, 6.45) is 0. The number of hydrogen-bond donors (Lipinski definition) is 1. The van der Waals surface area contributed by atoms with E-state index < -0.39 is 0 Å². The van der Waals surface area contributed by atoms with Crippen LogP contribution in [0.2, 0.25) is 0 Å². The molecule has 0 aliphatic heterocycles. The third-order valence-corrected chi connectivity index (χ3v) is 3.88. The number of aromatic nitrogens is 2. The zero-order chi connectivity index (χ0) is 17.4. The molecule has 0 atom stereocenters. The minimum Gasteiger partial charge on any atom is -0.497 e. The fraction of sp³-hybridized carbons (Fsp3) is 0.105. The van der Waals surface area contributed by atoms with Crippen LogP contribution in [-0.2, 0) is 0 Å². The van der Waals surface area contributed by atoms with Crippen molar-refractivity contribution in [2.45, 2.75) is 6.92 Å². The third kappa shape index (κ3) is 2.89. The zero-order valence-corrected chi connectivity index (χ0v) is 13.7. The van der Waals surface area contributed by atoms with Gasteiger partial charge in [0.1, 0.15) is 17.0 Å². The fourth-order valence-corrected chi connectivity index (χ4v) is 2.67. The average Bonchev–Trinajstić information content (AvgIpc) is 3.00. The Morgan fingerprint density at radius 3 is 2.72 bits per heavy atom. The number of rotatable bonds is 3. The first kappa shape index (κ1) is 15.1. The van der Waals surface area contributed by atoms with Crippen molar-refractivity contribution in [3.63, 3.8) is 0 Å². The van der Waals surface area contributed by atoms with Gasteiger partial charge in [0.25, 0.3) is 5.91 Å². The summed E-state index contributed by atoms with van der Waals surface area (Å²) in [7, 11) is 1.61. The van der Waals surface area contributed by atoms with Crippen molar-refractivity contribution in [2.75, 3.05) is 12.4 Å². The number of nitrogens with zero attached hydrogens (tertiary/aromatic N) is 2. The summed E-state index contributed by atoms with van der Waals surface area (Å²) < 4.78 is 10.7. The van der Waals surface area contributed by atoms with E-state index in [0.717, 1.165) is 22.2 Å². The van der Waals surface area contributed by atoms with Crippen LogP contribution in [0, 0.1) is 6.92 Å². The van der Waals surface area contributed by atoms with Crippen LogP contribution in [0.3, 0.4) is 0 Å². The van der Waals surface area contributed by atoms with E-state index >= 15 is 0 Å². The van der Waals surface area contributed by atoms with E-state index in [1.165, 1.54) is 0 Å². The van der Waals surface area contributed by atoms with Crippen molar-refractivity contribution in [3.8, 4) is 5.75 Å². The Hall–Kier alpha value is -3.41. The number of nitrogens with one attached hydrogen (secondary N) is 1. The SMILES string of the molecule is COc1ccc2nc(C(=O)Nc3ccc4nc(C)oc4c3)ccc2c1. The number of carbonyl (C=O) groups is 1. The van der Waals surface area contributed by atoms with E-state index in [-0.39, 0.29) is 5.91 Å². The quantitative estimate of drug-likeness (QED) is 0.614. The molecular formula is C19H15N3O3. The van der Waals surface area contributed by atoms with Gasteiger partial charge in [0, 0.05) is 24.1 Å². The number of aryl methyl sites for hydroxylation is 1. The van der Waals surface area contributed by atoms with Gasteiger partial charge in [-0.1, -0.05) is 6.07 Å². The molecule has 1 N–H and O–H groups in total. The molecule has 4 rings (SSSR count). The standard InChI is InChI=1S/C19H15N3O3/c1-11-20-16-7-4-13(10-18(16)25-11)21-19(23)17-6-3-12-9-14(24-2)5-8-15(12)22-17/h3-10H,1-2H3,(H,21,23). The maximum absolute atomic E-state index is 12.5. The lowest BCUT2D eigenvalue weighted by atomic mass is 10.2. The summed E-state index contributed by atoms with van der Waals surface area (Å²) in [4.78, 5) is 21.1. The molecular weight excluding hydrogens is 318 g/mol. The second kappa shape index (κ2) is 5.90. The summed E-state index contributed by atoms with van der Waals surface area (Å²) >= 11 is 0. The lowest BCUT2D eigenvalue weighted by molar-refractivity contribution is 0.102. The molecule has 6 nitrogen and oxygen atoms in total. The van der Waals surface area contributed by atoms with E-state index in [4.69, 9.17) is 9.15 Å². The van der Waals surface area contributed by atoms with Crippen LogP contribution in [0.1, 0.15) is 16.4 Å². The van der Waals surface area contributed by atoms with Crippen LogP contribution in [0.4, 0.5) is 5.69 Å². The van der Waals surface area contributed by atoms with Crippen LogP contribution in [0.5, 0.6) is 5.75 Å². The van der Waals surface area contributed by atoms with Crippen molar-refractivity contribution < 1.29 is 13.9 Å². The van der Waals surface area contributed by atoms with Crippen LogP contribution >= 0.6 is 0 Å². The van der Waals surface area contributed by atoms with Crippen molar-refractivity contribution in [2.24, 2.45) is 0 Å². The first-order valence-corrected chi connectivity index (χ1v) is 7.76. The van der Waals surface area contributed by atoms with Gasteiger partial charge < -0.3 is 14.5 Å². The Labute approximate surface area is 143 Å². The first-order valence-electron chi connectivity index (χ1n) is 7.76. The number of amides is 1. The Kier molecular flexibility index (Phi) is 3.57. The summed E-state index contributed by atoms with van der Waals surface area (Å²) in [5.74, 6) is 1.06. The van der Waals surface area contributed by atoms with Gasteiger partial charge in [0.15, 0.2) is 11.5 Å². The molecule has 0 radical (unpaired) electrons. The van der Waals surface area contributed by atoms with Crippen LogP contribution in [-0.4, -0.2) is 23.0 Å². The highest BCUT2D eigenvalue weighted by Gasteiger charge is 2.11. The summed E-state index contributed by atoms with van der Waals surface area (Å²) in [5, 5.41) is 3.74. The van der Waals surface area contributed by atoms with Crippen molar-refractivity contribution >= 4 is 33.6 Å². The van der Waals surface area contributed by atoms with Crippen molar-refractivity contribution in [1.82, 2.24) is 9.97 Å². The number of ether oxygens (including phenoxy) is 1. The van der Waals surface area contributed by atoms with Crippen LogP contribution in [0.25, 0.3) is 22.0 Å². The maximum Gasteiger partial charge on any atom is 0.274 e. The molecule has 0 aliphatic rings. The molecule has 0 saturated carbocycles. The predicted octanol–water partition coefficient (Wildman–Crippen LogP) is 3.95. The highest BCUT2D eigenvalue weighted by atomic mass is 16.5. The number of carbonyl (C=O) groups excluding carboxylic acids is 1. The highest BCUT2D eigenvalue weighted by Crippen LogP contribution is 2.22. The largest absolute Gasteiger partial charge is 0.497 e. The molecule has 6 heteroatoms. The molecule has 2 heterocycles. The number of benzene rings is 2. The van der Waals surface area contributed by atoms with E-state index in [1.54, 1.807) is 32.2 Å². The molecule has 25 heavy (non-hydrogen) atoms. The lowest BCUT2D eigenvalue weighted by Crippen LogP contribution is -2.13. The number of pyridine rings is 1. The monoisotopic (exact) mass is 333 g/mol. The van der Waals surface area contributed by atoms with Gasteiger partial charge in [-0.25, -0.2) is 9.97 Å². The number of hydrogen-bond acceptors (Lipinski definition) is 5. The Balaban J connectivity index is 1.61. The molecule has 0 fully saturated rings. The molecule has 4 aromatic rings. The summed E-state index contributed by atoms with van der Waals surface area (Å²) in [5.41, 5.74) is 3.09. The topological polar surface area (TPSA) is 77.2 Å². The van der Waals surface area contributed by atoms with Gasteiger partial charge in [-0.05, 0) is 36.4 Å². The van der Waals surface area contributed by atoms with E-state index in [1.807, 2.05) is 30.3 Å². The minimum absolute atomic E-state index is 0.284. The minimum atomic E-state index is -0.284. The molecule has 0 unspecified atom stereocenters. The second-order valence-corrected chi connectivity index (χ2v) is 5.62. The third-order valence-electron chi connectivity index (χ3n) is 3.88. The van der Waals surface area contributed by atoms with Gasteiger partial charge in [0.05, 0.1) is 12.6 Å². The van der Waals surface area contributed by atoms with Gasteiger partial charge in [0.2, 0.25) is 0 Å². The van der Waals surface area contributed by atoms with Gasteiger partial charge in [-0.2, -0.15) is 0 Å². The number of methoxy groups -OCH3 is 1. The molecule has 0 spiro atoms. The van der Waals surface area contributed by atoms with E-state index in [0.29, 0.717) is 22.9 Å². The fourth-order valence-electron chi connectivity index (χ4n) is 2.67. The molecule has 2 aromatic heterocycles. The van der Waals surface area contributed by atoms with Crippen LogP contribution in [0.15, 0.2) is 52.9 Å². The predicted molar refractivity (Wildman–Crippen MR) is 95.0 cm³/mol. The van der Waals surface area contributed by atoms with Crippen LogP contribution < -0.4 is 10.1 Å². The van der Waals surface area contributed by atoms with Gasteiger partial charge in [-0.3, -0.25) is 4.79 Å². The normalized spacial score (nSPS) is 11.0. The smallest absolute Gasteiger partial charge is 0.274 e. The Morgan fingerprint density at radius 2 is 1.88 bits per heavy atom. The molecule has 0 aliphatic carbocycles. The van der Waals surface area contributed by atoms with Crippen molar-refractivity contribution in [1.29, 1.82) is 0 Å². The number of oxazole rings is 1. The molecule has 0 saturated heterocycles. The van der Waals surface area contributed by atoms with E-state index in [9.17, 15) is 4.79 Å². The van der Waals surface area contributed by atoms with E-state index in [2.05, 4.69) is 15.3 Å². The summed E-state index contributed by atoms with van der Waals surface area (Å²) in [6.45, 7) is 1.78. The Morgan fingerprint density at radius 1 is 1.04 bits per heavy atom. The van der Waals surface area contributed by atoms with Crippen molar-refractivity contribution in [3.05, 3.63) is 60.1 Å². The molecule has 0 bridgehead atoms. The molecule has 2 aromatic carbocycles. The zero-order valence-electron chi connectivity index (χ0n) is 13.7. The lowest BCUT2D eigenvalue weighted by Gasteiger charge is -2.06. The molecule has 1 amide bonds. The first-order chi connectivity index (χ1) is 12.1. The summed E-state index contributed by atoms with van der Waals surface area (Å²) in [6, 6.07) is 14.4. The number of anilines is 1. The molecule has 124 valence electrons. The average molecular weight is 333 g/mol. The number of fused-ring (bicyclic) bond motifs is 2. The highest BCUT2D eigenvalue weighted by molar-refractivity contribution is 6.04. The maximum atomic E-state index is 12.5. The van der Waals surface area contributed by atoms with Gasteiger partial charge >= 0.3 is 0 Å². The van der Waals surface area contributed by atoms with Gasteiger partial charge in [-0.15, -0.1) is 0 Å². The second-order valence-electron chi connectivity index (χ2n) is 5.62. The Bertz CT molecular complexity index is 1100.